The zero-order chi connectivity index (χ0) is 13.1. The number of nitrogens with zero attached hydrogens (tertiary/aromatic N) is 4. The number of piperidine rings is 1. The lowest BCUT2D eigenvalue weighted by molar-refractivity contribution is 0.496. The van der Waals surface area contributed by atoms with E-state index in [0.29, 0.717) is 6.04 Å². The number of aromatic amines is 1. The van der Waals surface area contributed by atoms with Gasteiger partial charge in [0.1, 0.15) is 5.82 Å². The third-order valence-electron chi connectivity index (χ3n) is 3.44. The molecule has 2 aromatic heterocycles. The molecule has 19 heavy (non-hydrogen) atoms. The highest BCUT2D eigenvalue weighted by atomic mass is 15.4. The first-order chi connectivity index (χ1) is 9.31. The average Bonchev–Trinajstić information content (AvgIpc) is 2.89. The second-order valence-electron chi connectivity index (χ2n) is 4.94. The Balaban J connectivity index is 1.66. The van der Waals surface area contributed by atoms with Gasteiger partial charge in [-0.2, -0.15) is 4.98 Å². The van der Waals surface area contributed by atoms with Crippen LogP contribution < -0.4 is 10.6 Å². The van der Waals surface area contributed by atoms with Crippen LogP contribution in [0.1, 0.15) is 24.2 Å². The fourth-order valence-electron chi connectivity index (χ4n) is 2.30. The molecule has 0 bridgehead atoms. The number of pyridine rings is 1. The molecule has 0 saturated carbocycles. The summed E-state index contributed by atoms with van der Waals surface area (Å²) < 4.78 is 0. The third kappa shape index (κ3) is 2.90. The van der Waals surface area contributed by atoms with Crippen LogP contribution in [0.2, 0.25) is 0 Å². The summed E-state index contributed by atoms with van der Waals surface area (Å²) in [5.41, 5.74) is 7.03. The number of rotatable bonds is 3. The Morgan fingerprint density at radius 1 is 1.37 bits per heavy atom. The molecule has 0 amide bonds. The monoisotopic (exact) mass is 258 g/mol. The first kappa shape index (κ1) is 12.1. The Bertz CT molecular complexity index is 515. The Labute approximate surface area is 112 Å². The van der Waals surface area contributed by atoms with E-state index >= 15 is 0 Å². The molecular weight excluding hydrogens is 240 g/mol. The standard InChI is InChI=1S/C13H18N6/c14-11-3-6-19(7-4-11)13-16-12(17-18-13)8-10-2-1-5-15-9-10/h1-2,5,9,11H,3-4,6-8,14H2,(H,16,17,18). The molecule has 1 saturated heterocycles. The number of nitrogens with two attached hydrogens (primary N) is 1. The van der Waals surface area contributed by atoms with Crippen LogP contribution in [0.5, 0.6) is 0 Å². The van der Waals surface area contributed by atoms with Crippen LogP contribution in [0.3, 0.4) is 0 Å². The number of H-pyrrole nitrogens is 1. The highest BCUT2D eigenvalue weighted by molar-refractivity contribution is 5.30. The summed E-state index contributed by atoms with van der Waals surface area (Å²) in [7, 11) is 0. The molecule has 0 spiro atoms. The molecule has 0 unspecified atom stereocenters. The maximum atomic E-state index is 5.90. The normalized spacial score (nSPS) is 16.8. The van der Waals surface area contributed by atoms with Crippen molar-refractivity contribution in [2.24, 2.45) is 5.73 Å². The van der Waals surface area contributed by atoms with Crippen molar-refractivity contribution < 1.29 is 0 Å². The largest absolute Gasteiger partial charge is 0.339 e. The molecule has 1 aliphatic rings. The van der Waals surface area contributed by atoms with Crippen molar-refractivity contribution in [3.63, 3.8) is 0 Å². The van der Waals surface area contributed by atoms with Crippen molar-refractivity contribution >= 4 is 5.95 Å². The van der Waals surface area contributed by atoms with Gasteiger partial charge in [-0.05, 0) is 24.5 Å². The summed E-state index contributed by atoms with van der Waals surface area (Å²) in [6.07, 6.45) is 6.36. The Hall–Kier alpha value is -1.95. The number of hydrogen-bond donors (Lipinski definition) is 2. The van der Waals surface area contributed by atoms with Crippen molar-refractivity contribution in [2.45, 2.75) is 25.3 Å². The maximum Gasteiger partial charge on any atom is 0.244 e. The lowest BCUT2D eigenvalue weighted by Gasteiger charge is -2.28. The van der Waals surface area contributed by atoms with Gasteiger partial charge in [0, 0.05) is 37.9 Å². The summed E-state index contributed by atoms with van der Waals surface area (Å²) in [6, 6.07) is 4.29. The van der Waals surface area contributed by atoms with Gasteiger partial charge in [-0.1, -0.05) is 6.07 Å². The molecule has 0 aliphatic carbocycles. The Morgan fingerprint density at radius 3 is 2.95 bits per heavy atom. The van der Waals surface area contributed by atoms with E-state index in [4.69, 9.17) is 5.73 Å². The molecule has 2 aromatic rings. The molecule has 3 N–H and O–H groups in total. The van der Waals surface area contributed by atoms with E-state index < -0.39 is 0 Å². The molecule has 1 fully saturated rings. The molecule has 3 rings (SSSR count). The lowest BCUT2D eigenvalue weighted by atomic mass is 10.1. The number of aromatic nitrogens is 4. The van der Waals surface area contributed by atoms with Gasteiger partial charge in [-0.15, -0.1) is 5.10 Å². The maximum absolute atomic E-state index is 5.90. The van der Waals surface area contributed by atoms with Crippen molar-refractivity contribution in [3.8, 4) is 0 Å². The van der Waals surface area contributed by atoms with Crippen molar-refractivity contribution in [3.05, 3.63) is 35.9 Å². The smallest absolute Gasteiger partial charge is 0.244 e. The van der Waals surface area contributed by atoms with Crippen LogP contribution in [-0.2, 0) is 6.42 Å². The third-order valence-corrected chi connectivity index (χ3v) is 3.44. The van der Waals surface area contributed by atoms with Crippen LogP contribution in [0.15, 0.2) is 24.5 Å². The minimum atomic E-state index is 0.324. The summed E-state index contributed by atoms with van der Waals surface area (Å²) in [4.78, 5) is 10.8. The molecule has 3 heterocycles. The van der Waals surface area contributed by atoms with Gasteiger partial charge in [0.2, 0.25) is 5.95 Å². The van der Waals surface area contributed by atoms with Gasteiger partial charge in [-0.25, -0.2) is 0 Å². The van der Waals surface area contributed by atoms with E-state index in [9.17, 15) is 0 Å². The van der Waals surface area contributed by atoms with Gasteiger partial charge >= 0.3 is 0 Å². The minimum absolute atomic E-state index is 0.324. The number of anilines is 1. The molecule has 0 aromatic carbocycles. The lowest BCUT2D eigenvalue weighted by Crippen LogP contribution is -2.40. The fourth-order valence-corrected chi connectivity index (χ4v) is 2.30. The summed E-state index contributed by atoms with van der Waals surface area (Å²) in [5, 5.41) is 7.29. The number of hydrogen-bond acceptors (Lipinski definition) is 5. The molecule has 100 valence electrons. The van der Waals surface area contributed by atoms with E-state index in [0.717, 1.165) is 49.7 Å². The predicted octanol–water partition coefficient (Wildman–Crippen LogP) is 0.718. The van der Waals surface area contributed by atoms with Gasteiger partial charge in [0.25, 0.3) is 0 Å². The fraction of sp³-hybridized carbons (Fsp3) is 0.462. The Kier molecular flexibility index (Phi) is 3.41. The summed E-state index contributed by atoms with van der Waals surface area (Å²) >= 11 is 0. The molecule has 0 atom stereocenters. The van der Waals surface area contributed by atoms with Crippen molar-refractivity contribution in [1.29, 1.82) is 0 Å². The summed E-state index contributed by atoms with van der Waals surface area (Å²) in [5.74, 6) is 1.66. The van der Waals surface area contributed by atoms with Gasteiger partial charge in [0.15, 0.2) is 0 Å². The second-order valence-corrected chi connectivity index (χ2v) is 4.94. The van der Waals surface area contributed by atoms with Crippen molar-refractivity contribution in [2.75, 3.05) is 18.0 Å². The minimum Gasteiger partial charge on any atom is -0.339 e. The molecular formula is C13H18N6. The predicted molar refractivity (Wildman–Crippen MR) is 72.8 cm³/mol. The zero-order valence-electron chi connectivity index (χ0n) is 10.8. The highest BCUT2D eigenvalue weighted by Gasteiger charge is 2.19. The molecule has 6 heteroatoms. The number of nitrogens with one attached hydrogen (secondary N) is 1. The molecule has 1 aliphatic heterocycles. The van der Waals surface area contributed by atoms with Crippen LogP contribution in [-0.4, -0.2) is 39.3 Å². The van der Waals surface area contributed by atoms with Gasteiger partial charge in [-0.3, -0.25) is 10.1 Å². The van der Waals surface area contributed by atoms with Crippen LogP contribution in [0, 0.1) is 0 Å². The molecule has 6 nitrogen and oxygen atoms in total. The SMILES string of the molecule is NC1CCN(c2n[nH]c(Cc3cccnc3)n2)CC1. The second kappa shape index (κ2) is 5.36. The van der Waals surface area contributed by atoms with E-state index in [1.54, 1.807) is 6.20 Å². The first-order valence-electron chi connectivity index (χ1n) is 6.62. The van der Waals surface area contributed by atoms with Crippen LogP contribution >= 0.6 is 0 Å². The van der Waals surface area contributed by atoms with Crippen LogP contribution in [0.4, 0.5) is 5.95 Å². The van der Waals surface area contributed by atoms with E-state index in [2.05, 4.69) is 25.1 Å². The van der Waals surface area contributed by atoms with E-state index in [1.807, 2.05) is 18.3 Å². The van der Waals surface area contributed by atoms with Crippen molar-refractivity contribution in [1.82, 2.24) is 20.2 Å². The topological polar surface area (TPSA) is 83.7 Å². The van der Waals surface area contributed by atoms with Crippen LogP contribution in [0.25, 0.3) is 0 Å². The van der Waals surface area contributed by atoms with Gasteiger partial charge in [0.05, 0.1) is 0 Å². The average molecular weight is 258 g/mol. The molecule has 0 radical (unpaired) electrons. The highest BCUT2D eigenvalue weighted by Crippen LogP contribution is 2.15. The zero-order valence-corrected chi connectivity index (χ0v) is 10.8. The Morgan fingerprint density at radius 2 is 2.21 bits per heavy atom. The quantitative estimate of drug-likeness (QED) is 0.847. The van der Waals surface area contributed by atoms with E-state index in [-0.39, 0.29) is 0 Å². The van der Waals surface area contributed by atoms with Gasteiger partial charge < -0.3 is 10.6 Å². The first-order valence-corrected chi connectivity index (χ1v) is 6.62. The summed E-state index contributed by atoms with van der Waals surface area (Å²) in [6.45, 7) is 1.87. The van der Waals surface area contributed by atoms with E-state index in [1.165, 1.54) is 0 Å².